The molecule has 0 heterocycles. The van der Waals surface area contributed by atoms with Gasteiger partial charge in [-0.25, -0.2) is 8.42 Å². The van der Waals surface area contributed by atoms with Crippen molar-refractivity contribution in [1.29, 1.82) is 0 Å². The van der Waals surface area contributed by atoms with Gasteiger partial charge in [0.2, 0.25) is 11.8 Å². The van der Waals surface area contributed by atoms with E-state index in [-0.39, 0.29) is 34.1 Å². The van der Waals surface area contributed by atoms with Crippen LogP contribution in [0.25, 0.3) is 0 Å². The average molecular weight is 619 g/mol. The number of sulfonamides is 1. The van der Waals surface area contributed by atoms with Gasteiger partial charge >= 0.3 is 0 Å². The number of amides is 2. The second-order valence-electron chi connectivity index (χ2n) is 9.92. The third-order valence-electron chi connectivity index (χ3n) is 7.20. The number of hydrogen-bond acceptors (Lipinski definition) is 5. The zero-order valence-corrected chi connectivity index (χ0v) is 25.3. The third kappa shape index (κ3) is 7.33. The molecule has 1 aliphatic rings. The van der Waals surface area contributed by atoms with E-state index in [0.29, 0.717) is 16.3 Å². The van der Waals surface area contributed by atoms with Crippen LogP contribution < -0.4 is 14.4 Å². The molecule has 1 fully saturated rings. The van der Waals surface area contributed by atoms with Crippen molar-refractivity contribution in [2.75, 3.05) is 18.0 Å². The smallest absolute Gasteiger partial charge is 0.264 e. The van der Waals surface area contributed by atoms with E-state index in [1.54, 1.807) is 49.4 Å². The summed E-state index contributed by atoms with van der Waals surface area (Å²) in [6, 6.07) is 18.5. The van der Waals surface area contributed by atoms with E-state index in [4.69, 9.17) is 27.9 Å². The van der Waals surface area contributed by atoms with Crippen molar-refractivity contribution >= 4 is 50.7 Å². The lowest BCUT2D eigenvalue weighted by atomic mass is 10.1. The van der Waals surface area contributed by atoms with Gasteiger partial charge in [-0.2, -0.15) is 0 Å². The molecule has 0 saturated heterocycles. The molecule has 0 aromatic heterocycles. The lowest BCUT2D eigenvalue weighted by Gasteiger charge is -2.32. The Kier molecular flexibility index (Phi) is 10.2. The van der Waals surface area contributed by atoms with Gasteiger partial charge in [0.05, 0.1) is 22.7 Å². The molecule has 1 unspecified atom stereocenters. The van der Waals surface area contributed by atoms with Crippen LogP contribution in [-0.4, -0.2) is 50.9 Å². The molecule has 1 atom stereocenters. The Morgan fingerprint density at radius 2 is 1.63 bits per heavy atom. The standard InChI is InChI=1S/C30H33Cl2N3O5S/c1-21(30(37)33-23-11-7-8-12-23)34(19-22-10-6-9-15-26(22)31)29(36)20-35(24-16-17-28(40-2)27(32)18-24)41(38,39)25-13-4-3-5-14-25/h3-6,9-10,13-18,21,23H,7-8,11-12,19-20H2,1-2H3,(H,33,37). The predicted octanol–water partition coefficient (Wildman–Crippen LogP) is 5.67. The number of hydrogen-bond donors (Lipinski definition) is 1. The van der Waals surface area contributed by atoms with Crippen LogP contribution in [0.4, 0.5) is 5.69 Å². The second-order valence-corrected chi connectivity index (χ2v) is 12.6. The molecular weight excluding hydrogens is 585 g/mol. The highest BCUT2D eigenvalue weighted by Gasteiger charge is 2.33. The third-order valence-corrected chi connectivity index (χ3v) is 9.65. The Morgan fingerprint density at radius 1 is 0.976 bits per heavy atom. The SMILES string of the molecule is COc1ccc(N(CC(=O)N(Cc2ccccc2Cl)C(C)C(=O)NC2CCCC2)S(=O)(=O)c2ccccc2)cc1Cl. The van der Waals surface area contributed by atoms with E-state index >= 15 is 0 Å². The van der Waals surface area contributed by atoms with Crippen molar-refractivity contribution in [3.05, 3.63) is 88.4 Å². The Bertz CT molecular complexity index is 1480. The van der Waals surface area contributed by atoms with Gasteiger partial charge in [-0.3, -0.25) is 13.9 Å². The zero-order valence-electron chi connectivity index (χ0n) is 22.9. The van der Waals surface area contributed by atoms with Gasteiger partial charge in [-0.15, -0.1) is 0 Å². The number of benzene rings is 3. The Labute approximate surface area is 251 Å². The maximum atomic E-state index is 14.1. The van der Waals surface area contributed by atoms with Crippen molar-refractivity contribution in [1.82, 2.24) is 10.2 Å². The average Bonchev–Trinajstić information content (AvgIpc) is 3.48. The number of carbonyl (C=O) groups is 2. The van der Waals surface area contributed by atoms with Crippen molar-refractivity contribution in [3.63, 3.8) is 0 Å². The normalized spacial score (nSPS) is 14.3. The monoisotopic (exact) mass is 617 g/mol. The van der Waals surface area contributed by atoms with Gasteiger partial charge in [-0.05, 0) is 61.7 Å². The van der Waals surface area contributed by atoms with Gasteiger partial charge in [0.15, 0.2) is 0 Å². The molecule has 0 bridgehead atoms. The van der Waals surface area contributed by atoms with Gasteiger partial charge < -0.3 is 15.0 Å². The van der Waals surface area contributed by atoms with Crippen molar-refractivity contribution in [2.45, 2.75) is 56.1 Å². The number of ether oxygens (including phenoxy) is 1. The minimum Gasteiger partial charge on any atom is -0.495 e. The number of carbonyl (C=O) groups excluding carboxylic acids is 2. The molecule has 0 aliphatic heterocycles. The molecule has 1 N–H and O–H groups in total. The quantitative estimate of drug-likeness (QED) is 0.299. The van der Waals surface area contributed by atoms with E-state index in [1.165, 1.54) is 42.3 Å². The molecule has 1 saturated carbocycles. The molecule has 1 aliphatic carbocycles. The molecule has 0 radical (unpaired) electrons. The largest absolute Gasteiger partial charge is 0.495 e. The van der Waals surface area contributed by atoms with E-state index in [2.05, 4.69) is 5.32 Å². The van der Waals surface area contributed by atoms with Crippen LogP contribution in [0.3, 0.4) is 0 Å². The predicted molar refractivity (Wildman–Crippen MR) is 161 cm³/mol. The van der Waals surface area contributed by atoms with Crippen LogP contribution in [0, 0.1) is 0 Å². The van der Waals surface area contributed by atoms with Crippen LogP contribution in [0.2, 0.25) is 10.0 Å². The van der Waals surface area contributed by atoms with Crippen LogP contribution in [0.5, 0.6) is 5.75 Å². The number of methoxy groups -OCH3 is 1. The Hall–Kier alpha value is -3.27. The first-order chi connectivity index (χ1) is 19.6. The highest BCUT2D eigenvalue weighted by molar-refractivity contribution is 7.92. The number of nitrogens with zero attached hydrogens (tertiary/aromatic N) is 2. The van der Waals surface area contributed by atoms with Gasteiger partial charge in [0.25, 0.3) is 10.0 Å². The summed E-state index contributed by atoms with van der Waals surface area (Å²) in [4.78, 5) is 28.7. The number of rotatable bonds is 11. The van der Waals surface area contributed by atoms with Gasteiger partial charge in [0.1, 0.15) is 18.3 Å². The summed E-state index contributed by atoms with van der Waals surface area (Å²) in [5.41, 5.74) is 0.807. The summed E-state index contributed by atoms with van der Waals surface area (Å²) in [5, 5.41) is 3.66. The molecule has 2 amide bonds. The molecular formula is C30H33Cl2N3O5S. The zero-order chi connectivity index (χ0) is 29.6. The summed E-state index contributed by atoms with van der Waals surface area (Å²) in [6.45, 7) is 1.07. The lowest BCUT2D eigenvalue weighted by Crippen LogP contribution is -2.52. The summed E-state index contributed by atoms with van der Waals surface area (Å²) >= 11 is 12.8. The van der Waals surface area contributed by atoms with Crippen LogP contribution >= 0.6 is 23.2 Å². The minimum atomic E-state index is -4.20. The Morgan fingerprint density at radius 3 is 2.27 bits per heavy atom. The number of halogens is 2. The van der Waals surface area contributed by atoms with Crippen LogP contribution in [0.1, 0.15) is 38.2 Å². The fourth-order valence-corrected chi connectivity index (χ4v) is 6.72. The van der Waals surface area contributed by atoms with Crippen LogP contribution in [0.15, 0.2) is 77.7 Å². The van der Waals surface area contributed by atoms with E-state index in [1.807, 2.05) is 0 Å². The molecule has 11 heteroatoms. The maximum Gasteiger partial charge on any atom is 0.264 e. The Balaban J connectivity index is 1.71. The number of nitrogens with one attached hydrogen (secondary N) is 1. The highest BCUT2D eigenvalue weighted by Crippen LogP contribution is 2.32. The van der Waals surface area contributed by atoms with Gasteiger partial charge in [-0.1, -0.05) is 72.4 Å². The number of anilines is 1. The van der Waals surface area contributed by atoms with E-state index in [0.717, 1.165) is 30.0 Å². The van der Waals surface area contributed by atoms with E-state index in [9.17, 15) is 18.0 Å². The summed E-state index contributed by atoms with van der Waals surface area (Å²) < 4.78 is 34.0. The summed E-state index contributed by atoms with van der Waals surface area (Å²) in [5.74, 6) is -0.524. The molecule has 3 aromatic carbocycles. The first kappa shape index (κ1) is 30.7. The molecule has 4 rings (SSSR count). The topological polar surface area (TPSA) is 96.0 Å². The van der Waals surface area contributed by atoms with Gasteiger partial charge in [0, 0.05) is 17.6 Å². The molecule has 0 spiro atoms. The van der Waals surface area contributed by atoms with Crippen molar-refractivity contribution in [2.24, 2.45) is 0 Å². The molecule has 218 valence electrons. The molecule has 8 nitrogen and oxygen atoms in total. The maximum absolute atomic E-state index is 14.1. The highest BCUT2D eigenvalue weighted by atomic mass is 35.5. The van der Waals surface area contributed by atoms with E-state index < -0.39 is 28.5 Å². The van der Waals surface area contributed by atoms with Crippen LogP contribution in [-0.2, 0) is 26.2 Å². The molecule has 3 aromatic rings. The molecule has 41 heavy (non-hydrogen) atoms. The minimum absolute atomic E-state index is 0.00409. The fourth-order valence-electron chi connectivity index (χ4n) is 4.84. The summed E-state index contributed by atoms with van der Waals surface area (Å²) in [7, 11) is -2.75. The first-order valence-corrected chi connectivity index (χ1v) is 15.6. The second kappa shape index (κ2) is 13.6. The lowest BCUT2D eigenvalue weighted by molar-refractivity contribution is -0.139. The summed E-state index contributed by atoms with van der Waals surface area (Å²) in [6.07, 6.45) is 3.85. The van der Waals surface area contributed by atoms with Crippen molar-refractivity contribution < 1.29 is 22.7 Å². The first-order valence-electron chi connectivity index (χ1n) is 13.4. The van der Waals surface area contributed by atoms with Crippen molar-refractivity contribution in [3.8, 4) is 5.75 Å². The fraction of sp³-hybridized carbons (Fsp3) is 0.333.